The Balaban J connectivity index is 3.65. The summed E-state index contributed by atoms with van der Waals surface area (Å²) in [6, 6.07) is 0.452. The van der Waals surface area contributed by atoms with Gasteiger partial charge in [0.15, 0.2) is 0 Å². The van der Waals surface area contributed by atoms with Crippen molar-refractivity contribution in [1.82, 2.24) is 10.2 Å². The number of nitrogens with zero attached hydrogens (tertiary/aromatic N) is 1. The molecule has 0 bridgehead atoms. The van der Waals surface area contributed by atoms with Crippen molar-refractivity contribution in [2.45, 2.75) is 46.6 Å². The topological polar surface area (TPSA) is 41.6 Å². The van der Waals surface area contributed by atoms with Gasteiger partial charge < -0.3 is 15.0 Å². The maximum absolute atomic E-state index is 11.2. The Bertz CT molecular complexity index is 218. The maximum Gasteiger partial charge on any atom is 0.309 e. The molecule has 0 aliphatic heterocycles. The van der Waals surface area contributed by atoms with Crippen LogP contribution in [-0.4, -0.2) is 50.2 Å². The lowest BCUT2D eigenvalue weighted by molar-refractivity contribution is -0.144. The molecule has 0 saturated heterocycles. The second-order valence-electron chi connectivity index (χ2n) is 4.90. The Morgan fingerprint density at radius 3 is 2.39 bits per heavy atom. The van der Waals surface area contributed by atoms with Gasteiger partial charge in [0, 0.05) is 12.6 Å². The van der Waals surface area contributed by atoms with Gasteiger partial charge in [0.1, 0.15) is 0 Å². The van der Waals surface area contributed by atoms with E-state index in [0.29, 0.717) is 12.6 Å². The monoisotopic (exact) mass is 258 g/mol. The molecule has 108 valence electrons. The molecule has 0 aromatic heterocycles. The predicted octanol–water partition coefficient (Wildman–Crippen LogP) is 1.90. The normalized spacial score (nSPS) is 14.6. The van der Waals surface area contributed by atoms with Crippen molar-refractivity contribution in [3.63, 3.8) is 0 Å². The smallest absolute Gasteiger partial charge is 0.309 e. The minimum absolute atomic E-state index is 0.0692. The fraction of sp³-hybridized carbons (Fsp3) is 0.929. The number of ether oxygens (including phenoxy) is 1. The molecule has 0 unspecified atom stereocenters. The van der Waals surface area contributed by atoms with E-state index in [0.717, 1.165) is 26.1 Å². The molecule has 4 heteroatoms. The van der Waals surface area contributed by atoms with Crippen LogP contribution in [-0.2, 0) is 9.53 Å². The number of carbonyl (C=O) groups is 1. The van der Waals surface area contributed by atoms with Crippen molar-refractivity contribution >= 4 is 5.97 Å². The average Bonchev–Trinajstić information content (AvgIpc) is 2.39. The van der Waals surface area contributed by atoms with Crippen LogP contribution in [0.5, 0.6) is 0 Å². The molecule has 0 saturated carbocycles. The molecule has 0 aromatic carbocycles. The molecule has 0 radical (unpaired) electrons. The average molecular weight is 258 g/mol. The Labute approximate surface area is 112 Å². The number of carbonyl (C=O) groups excluding carboxylic acids is 1. The Hall–Kier alpha value is -0.610. The second-order valence-corrected chi connectivity index (χ2v) is 4.90. The van der Waals surface area contributed by atoms with Gasteiger partial charge >= 0.3 is 5.97 Å². The maximum atomic E-state index is 11.2. The van der Waals surface area contributed by atoms with E-state index < -0.39 is 0 Å². The van der Waals surface area contributed by atoms with Gasteiger partial charge in [0.2, 0.25) is 0 Å². The third-order valence-electron chi connectivity index (χ3n) is 3.38. The predicted molar refractivity (Wildman–Crippen MR) is 75.7 cm³/mol. The lowest BCUT2D eigenvalue weighted by Crippen LogP contribution is -2.34. The van der Waals surface area contributed by atoms with E-state index in [-0.39, 0.29) is 11.9 Å². The summed E-state index contributed by atoms with van der Waals surface area (Å²) in [7, 11) is 1.44. The number of methoxy groups -OCH3 is 1. The Morgan fingerprint density at radius 2 is 1.89 bits per heavy atom. The summed E-state index contributed by atoms with van der Waals surface area (Å²) in [6.45, 7) is 12.6. The van der Waals surface area contributed by atoms with E-state index in [1.165, 1.54) is 13.5 Å². The first kappa shape index (κ1) is 17.4. The molecule has 18 heavy (non-hydrogen) atoms. The standard InChI is InChI=1S/C14H30N2O2/c1-6-16(7-2)10-8-9-13(4)15-11-12(3)14(17)18-5/h12-13,15H,6-11H2,1-5H3/t12-,13-/m0/s1. The lowest BCUT2D eigenvalue weighted by atomic mass is 10.1. The molecular formula is C14H30N2O2. The molecule has 2 atom stereocenters. The minimum Gasteiger partial charge on any atom is -0.469 e. The summed E-state index contributed by atoms with van der Waals surface area (Å²) in [6.07, 6.45) is 2.34. The van der Waals surface area contributed by atoms with Crippen molar-refractivity contribution in [1.29, 1.82) is 0 Å². The SMILES string of the molecule is CCN(CC)CCC[C@H](C)NC[C@H](C)C(=O)OC. The minimum atomic E-state index is -0.141. The van der Waals surface area contributed by atoms with Gasteiger partial charge in [-0.3, -0.25) is 4.79 Å². The first-order valence-corrected chi connectivity index (χ1v) is 7.08. The van der Waals surface area contributed by atoms with Gasteiger partial charge in [-0.15, -0.1) is 0 Å². The van der Waals surface area contributed by atoms with Gasteiger partial charge in [-0.05, 0) is 39.4 Å². The molecule has 0 aromatic rings. The van der Waals surface area contributed by atoms with E-state index in [4.69, 9.17) is 4.74 Å². The Morgan fingerprint density at radius 1 is 1.28 bits per heavy atom. The molecule has 1 N–H and O–H groups in total. The highest BCUT2D eigenvalue weighted by Crippen LogP contribution is 2.02. The van der Waals surface area contributed by atoms with E-state index in [9.17, 15) is 4.79 Å². The first-order valence-electron chi connectivity index (χ1n) is 7.08. The lowest BCUT2D eigenvalue weighted by Gasteiger charge is -2.20. The zero-order valence-corrected chi connectivity index (χ0v) is 12.7. The first-order chi connectivity index (χ1) is 8.54. The summed E-state index contributed by atoms with van der Waals surface area (Å²) in [5.74, 6) is -0.210. The number of hydrogen-bond donors (Lipinski definition) is 1. The summed E-state index contributed by atoms with van der Waals surface area (Å²) >= 11 is 0. The molecule has 4 nitrogen and oxygen atoms in total. The summed E-state index contributed by atoms with van der Waals surface area (Å²) in [4.78, 5) is 13.7. The highest BCUT2D eigenvalue weighted by molar-refractivity contribution is 5.72. The van der Waals surface area contributed by atoms with Crippen LogP contribution < -0.4 is 5.32 Å². The van der Waals surface area contributed by atoms with Gasteiger partial charge in [-0.2, -0.15) is 0 Å². The van der Waals surface area contributed by atoms with E-state index >= 15 is 0 Å². The number of nitrogens with one attached hydrogen (secondary N) is 1. The van der Waals surface area contributed by atoms with Crippen molar-refractivity contribution < 1.29 is 9.53 Å². The molecule has 0 fully saturated rings. The van der Waals surface area contributed by atoms with Crippen LogP contribution in [0.2, 0.25) is 0 Å². The molecule has 0 aliphatic carbocycles. The van der Waals surface area contributed by atoms with Crippen LogP contribution in [0.15, 0.2) is 0 Å². The summed E-state index contributed by atoms with van der Waals surface area (Å²) in [5.41, 5.74) is 0. The van der Waals surface area contributed by atoms with Crippen molar-refractivity contribution in [3.8, 4) is 0 Å². The Kier molecular flexibility index (Phi) is 9.98. The van der Waals surface area contributed by atoms with Crippen molar-refractivity contribution in [2.24, 2.45) is 5.92 Å². The fourth-order valence-electron chi connectivity index (χ4n) is 1.93. The quantitative estimate of drug-likeness (QED) is 0.608. The number of rotatable bonds is 10. The molecule has 0 rings (SSSR count). The molecule has 0 aliphatic rings. The third kappa shape index (κ3) is 7.67. The van der Waals surface area contributed by atoms with Crippen LogP contribution in [0.3, 0.4) is 0 Å². The van der Waals surface area contributed by atoms with Crippen LogP contribution in [0.1, 0.15) is 40.5 Å². The molecular weight excluding hydrogens is 228 g/mol. The second kappa shape index (κ2) is 10.3. The van der Waals surface area contributed by atoms with E-state index in [1.54, 1.807) is 0 Å². The van der Waals surface area contributed by atoms with Crippen LogP contribution in [0.25, 0.3) is 0 Å². The van der Waals surface area contributed by atoms with Crippen LogP contribution in [0.4, 0.5) is 0 Å². The number of hydrogen-bond acceptors (Lipinski definition) is 4. The van der Waals surface area contributed by atoms with Gasteiger partial charge in [0.05, 0.1) is 13.0 Å². The van der Waals surface area contributed by atoms with E-state index in [1.807, 2.05) is 6.92 Å². The zero-order valence-electron chi connectivity index (χ0n) is 12.7. The van der Waals surface area contributed by atoms with Crippen molar-refractivity contribution in [3.05, 3.63) is 0 Å². The highest BCUT2D eigenvalue weighted by Gasteiger charge is 2.13. The fourth-order valence-corrected chi connectivity index (χ4v) is 1.93. The zero-order chi connectivity index (χ0) is 14.0. The van der Waals surface area contributed by atoms with Gasteiger partial charge in [-0.1, -0.05) is 20.8 Å². The van der Waals surface area contributed by atoms with Gasteiger partial charge in [0.25, 0.3) is 0 Å². The van der Waals surface area contributed by atoms with Crippen LogP contribution >= 0.6 is 0 Å². The summed E-state index contributed by atoms with van der Waals surface area (Å²) in [5, 5.41) is 3.39. The third-order valence-corrected chi connectivity index (χ3v) is 3.38. The largest absolute Gasteiger partial charge is 0.469 e. The number of esters is 1. The highest BCUT2D eigenvalue weighted by atomic mass is 16.5. The van der Waals surface area contributed by atoms with Crippen molar-refractivity contribution in [2.75, 3.05) is 33.3 Å². The molecule has 0 spiro atoms. The van der Waals surface area contributed by atoms with E-state index in [2.05, 4.69) is 31.0 Å². The summed E-state index contributed by atoms with van der Waals surface area (Å²) < 4.78 is 4.70. The molecule has 0 heterocycles. The van der Waals surface area contributed by atoms with Gasteiger partial charge in [-0.25, -0.2) is 0 Å². The van der Waals surface area contributed by atoms with Crippen LogP contribution in [0, 0.1) is 5.92 Å². The molecule has 0 amide bonds.